The zero-order valence-electron chi connectivity index (χ0n) is 21.3. The lowest BCUT2D eigenvalue weighted by Gasteiger charge is -2.57. The molecule has 0 aliphatic carbocycles. The highest BCUT2D eigenvalue weighted by molar-refractivity contribution is 5.79. The monoisotopic (exact) mass is 482 g/mol. The lowest BCUT2D eigenvalue weighted by atomic mass is 9.69. The molecule has 1 aromatic rings. The number of methoxy groups -OCH3 is 1. The Bertz CT molecular complexity index is 855. The average molecular weight is 483 g/mol. The summed E-state index contributed by atoms with van der Waals surface area (Å²) in [6, 6.07) is 11.4. The molecule has 4 fully saturated rings. The maximum absolute atomic E-state index is 13.8. The summed E-state index contributed by atoms with van der Waals surface area (Å²) in [7, 11) is 1.46. The van der Waals surface area contributed by atoms with E-state index in [2.05, 4.69) is 49.9 Å². The Morgan fingerprint density at radius 1 is 0.971 bits per heavy atom. The number of benzene rings is 1. The van der Waals surface area contributed by atoms with Crippen molar-refractivity contribution in [1.29, 1.82) is 0 Å². The molecule has 0 saturated carbocycles. The molecule has 192 valence electrons. The molecule has 35 heavy (non-hydrogen) atoms. The predicted octanol–water partition coefficient (Wildman–Crippen LogP) is 2.85. The van der Waals surface area contributed by atoms with Gasteiger partial charge in [-0.05, 0) is 75.6 Å². The molecule has 0 N–H and O–H groups in total. The smallest absolute Gasteiger partial charge is 0.305 e. The first kappa shape index (κ1) is 24.6. The maximum Gasteiger partial charge on any atom is 0.305 e. The van der Waals surface area contributed by atoms with Crippen LogP contribution in [-0.2, 0) is 14.3 Å². The molecule has 0 aromatic heterocycles. The number of rotatable bonds is 7. The topological polar surface area (TPSA) is 56.3 Å². The zero-order chi connectivity index (χ0) is 24.2. The summed E-state index contributed by atoms with van der Waals surface area (Å²) in [5, 5.41) is 0. The van der Waals surface area contributed by atoms with Crippen molar-refractivity contribution in [3.05, 3.63) is 30.3 Å². The number of para-hydroxylation sites is 1. The van der Waals surface area contributed by atoms with E-state index in [0.717, 1.165) is 45.6 Å². The summed E-state index contributed by atoms with van der Waals surface area (Å²) in [5.74, 6) is 1.29. The SMILES string of the molecule is COC(=O)CCCC1C2CCCN3CCCC(CN1C(=O)CN1CCN(c4ccccc4)CC1)C23. The Morgan fingerprint density at radius 3 is 2.46 bits per heavy atom. The molecule has 4 heterocycles. The second-order valence-electron chi connectivity index (χ2n) is 10.9. The second kappa shape index (κ2) is 11.3. The molecular weight excluding hydrogens is 440 g/mol. The van der Waals surface area contributed by atoms with Gasteiger partial charge in [-0.1, -0.05) is 18.2 Å². The number of piperazine rings is 1. The van der Waals surface area contributed by atoms with Gasteiger partial charge in [0.25, 0.3) is 0 Å². The number of nitrogens with zero attached hydrogens (tertiary/aromatic N) is 4. The fraction of sp³-hybridized carbons (Fsp3) is 0.714. The summed E-state index contributed by atoms with van der Waals surface area (Å²) in [6.45, 7) is 7.60. The van der Waals surface area contributed by atoms with Crippen LogP contribution in [0.1, 0.15) is 44.9 Å². The van der Waals surface area contributed by atoms with Crippen molar-refractivity contribution in [3.8, 4) is 0 Å². The first-order valence-corrected chi connectivity index (χ1v) is 13.8. The van der Waals surface area contributed by atoms with E-state index in [1.807, 2.05) is 0 Å². The largest absolute Gasteiger partial charge is 0.469 e. The molecule has 4 atom stereocenters. The lowest BCUT2D eigenvalue weighted by Crippen LogP contribution is -2.66. The van der Waals surface area contributed by atoms with E-state index in [0.29, 0.717) is 36.8 Å². The Labute approximate surface area is 210 Å². The van der Waals surface area contributed by atoms with Crippen LogP contribution in [0.5, 0.6) is 0 Å². The van der Waals surface area contributed by atoms with Crippen molar-refractivity contribution in [3.63, 3.8) is 0 Å². The highest BCUT2D eigenvalue weighted by Crippen LogP contribution is 2.43. The van der Waals surface area contributed by atoms with E-state index in [1.165, 1.54) is 51.6 Å². The summed E-state index contributed by atoms with van der Waals surface area (Å²) < 4.78 is 4.88. The van der Waals surface area contributed by atoms with Gasteiger partial charge in [0.15, 0.2) is 0 Å². The number of hydrogen-bond donors (Lipinski definition) is 0. The predicted molar refractivity (Wildman–Crippen MR) is 137 cm³/mol. The van der Waals surface area contributed by atoms with Gasteiger partial charge >= 0.3 is 5.97 Å². The molecule has 4 aliphatic heterocycles. The van der Waals surface area contributed by atoms with Gasteiger partial charge in [0.2, 0.25) is 5.91 Å². The molecule has 0 bridgehead atoms. The quantitative estimate of drug-likeness (QED) is 0.557. The number of piperidine rings is 3. The van der Waals surface area contributed by atoms with Crippen LogP contribution >= 0.6 is 0 Å². The third kappa shape index (κ3) is 5.51. The van der Waals surface area contributed by atoms with Crippen molar-refractivity contribution in [2.45, 2.75) is 57.0 Å². The third-order valence-corrected chi connectivity index (χ3v) is 8.95. The van der Waals surface area contributed by atoms with E-state index >= 15 is 0 Å². The summed E-state index contributed by atoms with van der Waals surface area (Å²) >= 11 is 0. The molecule has 7 nitrogen and oxygen atoms in total. The molecule has 7 heteroatoms. The minimum Gasteiger partial charge on any atom is -0.469 e. The highest BCUT2D eigenvalue weighted by atomic mass is 16.5. The zero-order valence-corrected chi connectivity index (χ0v) is 21.3. The molecule has 5 rings (SSSR count). The van der Waals surface area contributed by atoms with Crippen molar-refractivity contribution >= 4 is 17.6 Å². The normalized spacial score (nSPS) is 29.5. The van der Waals surface area contributed by atoms with Crippen LogP contribution in [0, 0.1) is 11.8 Å². The molecule has 0 spiro atoms. The second-order valence-corrected chi connectivity index (χ2v) is 10.9. The standard InChI is InChI=1S/C28H42N4O3/c1-35-27(34)13-5-12-25-24-11-7-15-31-14-6-8-22(28(24)31)20-32(25)26(33)21-29-16-18-30(19-17-29)23-9-3-2-4-10-23/h2-4,9-10,22,24-25,28H,5-8,11-21H2,1H3. The van der Waals surface area contributed by atoms with Crippen molar-refractivity contribution in [1.82, 2.24) is 14.7 Å². The molecule has 1 amide bonds. The Kier molecular flexibility index (Phi) is 7.93. The number of carbonyl (C=O) groups excluding carboxylic acids is 2. The number of amides is 1. The van der Waals surface area contributed by atoms with Crippen molar-refractivity contribution in [2.75, 3.05) is 64.4 Å². The van der Waals surface area contributed by atoms with E-state index in [4.69, 9.17) is 4.74 Å². The van der Waals surface area contributed by atoms with E-state index < -0.39 is 0 Å². The summed E-state index contributed by atoms with van der Waals surface area (Å²) in [6.07, 6.45) is 7.08. The van der Waals surface area contributed by atoms with Crippen molar-refractivity contribution < 1.29 is 14.3 Å². The number of ether oxygens (including phenoxy) is 1. The maximum atomic E-state index is 13.8. The number of esters is 1. The van der Waals surface area contributed by atoms with Crippen molar-refractivity contribution in [2.24, 2.45) is 11.8 Å². The third-order valence-electron chi connectivity index (χ3n) is 8.95. The molecular formula is C28H42N4O3. The van der Waals surface area contributed by atoms with Crippen LogP contribution < -0.4 is 4.90 Å². The number of anilines is 1. The van der Waals surface area contributed by atoms with Gasteiger partial charge in [0, 0.05) is 56.9 Å². The molecule has 4 saturated heterocycles. The lowest BCUT2D eigenvalue weighted by molar-refractivity contribution is -0.147. The average Bonchev–Trinajstić information content (AvgIpc) is 2.90. The van der Waals surface area contributed by atoms with Crippen LogP contribution in [0.2, 0.25) is 0 Å². The van der Waals surface area contributed by atoms with Gasteiger partial charge in [-0.3, -0.25) is 19.4 Å². The van der Waals surface area contributed by atoms with E-state index in [1.54, 1.807) is 0 Å². The van der Waals surface area contributed by atoms with Gasteiger partial charge in [-0.25, -0.2) is 0 Å². The first-order valence-electron chi connectivity index (χ1n) is 13.8. The Balaban J connectivity index is 1.24. The van der Waals surface area contributed by atoms with E-state index in [-0.39, 0.29) is 12.0 Å². The Morgan fingerprint density at radius 2 is 1.71 bits per heavy atom. The van der Waals surface area contributed by atoms with Gasteiger partial charge in [-0.2, -0.15) is 0 Å². The van der Waals surface area contributed by atoms with Crippen LogP contribution in [0.15, 0.2) is 30.3 Å². The van der Waals surface area contributed by atoms with Gasteiger partial charge < -0.3 is 14.5 Å². The van der Waals surface area contributed by atoms with Gasteiger partial charge in [0.05, 0.1) is 13.7 Å². The van der Waals surface area contributed by atoms with E-state index in [9.17, 15) is 9.59 Å². The number of carbonyl (C=O) groups is 2. The van der Waals surface area contributed by atoms with Crippen LogP contribution in [-0.4, -0.2) is 98.1 Å². The number of likely N-dealkylation sites (tertiary alicyclic amines) is 1. The fourth-order valence-corrected chi connectivity index (χ4v) is 7.29. The molecule has 4 aliphatic rings. The summed E-state index contributed by atoms with van der Waals surface area (Å²) in [5.41, 5.74) is 1.27. The highest BCUT2D eigenvalue weighted by Gasteiger charge is 2.49. The van der Waals surface area contributed by atoms with Crippen LogP contribution in [0.3, 0.4) is 0 Å². The molecule has 4 unspecified atom stereocenters. The minimum atomic E-state index is -0.143. The molecule has 1 aromatic carbocycles. The molecule has 0 radical (unpaired) electrons. The minimum absolute atomic E-state index is 0.143. The van der Waals surface area contributed by atoms with Crippen LogP contribution in [0.25, 0.3) is 0 Å². The Hall–Kier alpha value is -2.12. The fourth-order valence-electron chi connectivity index (χ4n) is 7.29. The first-order chi connectivity index (χ1) is 17.1. The van der Waals surface area contributed by atoms with Gasteiger partial charge in [0.1, 0.15) is 0 Å². The van der Waals surface area contributed by atoms with Gasteiger partial charge in [-0.15, -0.1) is 0 Å². The number of hydrogen-bond acceptors (Lipinski definition) is 6. The van der Waals surface area contributed by atoms with Crippen LogP contribution in [0.4, 0.5) is 5.69 Å². The summed E-state index contributed by atoms with van der Waals surface area (Å²) in [4.78, 5) is 35.3.